The molecular weight excluding hydrogens is 422 g/mol. The summed E-state index contributed by atoms with van der Waals surface area (Å²) in [5, 5.41) is 19.0. The zero-order chi connectivity index (χ0) is 23.6. The molecule has 0 radical (unpaired) electrons. The molecule has 172 valence electrons. The summed E-state index contributed by atoms with van der Waals surface area (Å²) >= 11 is 0. The third-order valence-electron chi connectivity index (χ3n) is 5.76. The number of hydrogen-bond donors (Lipinski definition) is 1. The quantitative estimate of drug-likeness (QED) is 0.466. The molecule has 1 aromatic carbocycles. The highest BCUT2D eigenvalue weighted by Gasteiger charge is 2.29. The zero-order valence-corrected chi connectivity index (χ0v) is 18.9. The molecule has 1 N–H and O–H groups in total. The molecular formula is C23H27N7O3. The highest BCUT2D eigenvalue weighted by Crippen LogP contribution is 2.32. The summed E-state index contributed by atoms with van der Waals surface area (Å²) in [6, 6.07) is 10.3. The van der Waals surface area contributed by atoms with E-state index in [9.17, 15) is 14.9 Å². The van der Waals surface area contributed by atoms with E-state index >= 15 is 0 Å². The van der Waals surface area contributed by atoms with E-state index in [4.69, 9.17) is 0 Å². The number of carbonyl (C=O) groups excluding carboxylic acids is 1. The van der Waals surface area contributed by atoms with Crippen LogP contribution in [0.1, 0.15) is 39.3 Å². The van der Waals surface area contributed by atoms with Gasteiger partial charge in [-0.05, 0) is 25.0 Å². The number of benzene rings is 1. The number of carbonyl (C=O) groups is 1. The van der Waals surface area contributed by atoms with E-state index < -0.39 is 0 Å². The molecule has 3 heterocycles. The van der Waals surface area contributed by atoms with Gasteiger partial charge in [-0.1, -0.05) is 32.9 Å². The van der Waals surface area contributed by atoms with Crippen LogP contribution in [0.4, 0.5) is 17.2 Å². The Hall–Kier alpha value is -3.82. The molecule has 33 heavy (non-hydrogen) atoms. The lowest BCUT2D eigenvalue weighted by Crippen LogP contribution is -2.38. The van der Waals surface area contributed by atoms with Gasteiger partial charge in [-0.15, -0.1) is 0 Å². The summed E-state index contributed by atoms with van der Waals surface area (Å²) in [4.78, 5) is 34.6. The van der Waals surface area contributed by atoms with Crippen molar-refractivity contribution in [1.29, 1.82) is 0 Å². The van der Waals surface area contributed by atoms with Crippen molar-refractivity contribution in [3.8, 4) is 5.95 Å². The van der Waals surface area contributed by atoms with Crippen molar-refractivity contribution in [3.63, 3.8) is 0 Å². The number of nitrogens with one attached hydrogen (secondary N) is 1. The van der Waals surface area contributed by atoms with Crippen molar-refractivity contribution in [2.24, 2.45) is 5.92 Å². The minimum atomic E-state index is -0.367. The fourth-order valence-electron chi connectivity index (χ4n) is 3.89. The first-order valence-electron chi connectivity index (χ1n) is 10.9. The van der Waals surface area contributed by atoms with Crippen LogP contribution < -0.4 is 10.2 Å². The molecule has 0 spiro atoms. The van der Waals surface area contributed by atoms with Crippen LogP contribution in [0.5, 0.6) is 0 Å². The van der Waals surface area contributed by atoms with E-state index in [2.05, 4.69) is 41.2 Å². The van der Waals surface area contributed by atoms with Crippen molar-refractivity contribution < 1.29 is 9.72 Å². The van der Waals surface area contributed by atoms with Crippen molar-refractivity contribution in [1.82, 2.24) is 19.7 Å². The molecule has 0 aliphatic carbocycles. The molecule has 4 rings (SSSR count). The summed E-state index contributed by atoms with van der Waals surface area (Å²) < 4.78 is 1.56. The van der Waals surface area contributed by atoms with Gasteiger partial charge in [0.2, 0.25) is 5.91 Å². The number of aromatic nitrogens is 4. The van der Waals surface area contributed by atoms with Gasteiger partial charge in [-0.2, -0.15) is 9.78 Å². The summed E-state index contributed by atoms with van der Waals surface area (Å²) in [6.07, 6.45) is 4.45. The number of anilines is 2. The van der Waals surface area contributed by atoms with Crippen LogP contribution >= 0.6 is 0 Å². The fourth-order valence-corrected chi connectivity index (χ4v) is 3.89. The second-order valence-corrected chi connectivity index (χ2v) is 9.12. The number of hydrogen-bond acceptors (Lipinski definition) is 7. The lowest BCUT2D eigenvalue weighted by Gasteiger charge is -2.32. The Balaban J connectivity index is 1.49. The van der Waals surface area contributed by atoms with E-state index in [1.807, 2.05) is 11.0 Å². The number of amides is 1. The first-order valence-corrected chi connectivity index (χ1v) is 10.9. The Kier molecular flexibility index (Phi) is 6.08. The largest absolute Gasteiger partial charge is 0.366 e. The number of para-hydroxylation sites is 2. The average Bonchev–Trinajstić information content (AvgIpc) is 3.24. The van der Waals surface area contributed by atoms with Crippen LogP contribution in [-0.2, 0) is 10.2 Å². The van der Waals surface area contributed by atoms with Crippen molar-refractivity contribution in [2.45, 2.75) is 39.0 Å². The smallest absolute Gasteiger partial charge is 0.292 e. The van der Waals surface area contributed by atoms with Gasteiger partial charge in [0.25, 0.3) is 11.6 Å². The Bertz CT molecular complexity index is 1150. The predicted molar refractivity (Wildman–Crippen MR) is 125 cm³/mol. The van der Waals surface area contributed by atoms with E-state index in [1.54, 1.807) is 41.3 Å². The maximum atomic E-state index is 13.1. The van der Waals surface area contributed by atoms with E-state index in [0.29, 0.717) is 43.4 Å². The van der Waals surface area contributed by atoms with Gasteiger partial charge in [0.1, 0.15) is 11.5 Å². The van der Waals surface area contributed by atoms with Gasteiger partial charge in [0.15, 0.2) is 0 Å². The Morgan fingerprint density at radius 3 is 2.42 bits per heavy atom. The topological polar surface area (TPSA) is 119 Å². The fraction of sp³-hybridized carbons (Fsp3) is 0.391. The molecule has 10 heteroatoms. The molecule has 1 amide bonds. The van der Waals surface area contributed by atoms with Crippen LogP contribution in [0.2, 0.25) is 0 Å². The van der Waals surface area contributed by atoms with E-state index in [0.717, 1.165) is 5.69 Å². The molecule has 1 saturated heterocycles. The lowest BCUT2D eigenvalue weighted by atomic mass is 9.92. The number of nitro groups is 1. The maximum Gasteiger partial charge on any atom is 0.292 e. The maximum absolute atomic E-state index is 13.1. The summed E-state index contributed by atoms with van der Waals surface area (Å²) in [6.45, 7) is 7.29. The van der Waals surface area contributed by atoms with Crippen LogP contribution in [0, 0.1) is 16.0 Å². The van der Waals surface area contributed by atoms with Gasteiger partial charge < -0.3 is 10.2 Å². The normalized spacial score (nSPS) is 14.8. The van der Waals surface area contributed by atoms with Crippen LogP contribution in [0.3, 0.4) is 0 Å². The van der Waals surface area contributed by atoms with Crippen LogP contribution in [0.15, 0.2) is 48.8 Å². The van der Waals surface area contributed by atoms with Crippen molar-refractivity contribution >= 4 is 23.1 Å². The third-order valence-corrected chi connectivity index (χ3v) is 5.76. The summed E-state index contributed by atoms with van der Waals surface area (Å²) in [7, 11) is 0. The van der Waals surface area contributed by atoms with Crippen molar-refractivity contribution in [3.05, 3.63) is 64.6 Å². The van der Waals surface area contributed by atoms with Crippen LogP contribution in [-0.4, -0.2) is 43.7 Å². The molecule has 2 aromatic heterocycles. The number of rotatable bonds is 5. The van der Waals surface area contributed by atoms with Crippen LogP contribution in [0.25, 0.3) is 5.95 Å². The minimum Gasteiger partial charge on any atom is -0.366 e. The van der Waals surface area contributed by atoms with Gasteiger partial charge >= 0.3 is 0 Å². The van der Waals surface area contributed by atoms with Gasteiger partial charge in [-0.25, -0.2) is 9.97 Å². The monoisotopic (exact) mass is 449 g/mol. The Morgan fingerprint density at radius 2 is 1.79 bits per heavy atom. The molecule has 1 aliphatic rings. The van der Waals surface area contributed by atoms with Gasteiger partial charge in [0.05, 0.1) is 10.6 Å². The molecule has 0 unspecified atom stereocenters. The van der Waals surface area contributed by atoms with E-state index in [-0.39, 0.29) is 27.9 Å². The molecule has 10 nitrogen and oxygen atoms in total. The minimum absolute atomic E-state index is 0.0851. The Labute approximate surface area is 191 Å². The number of nitrogens with zero attached hydrogens (tertiary/aromatic N) is 6. The highest BCUT2D eigenvalue weighted by molar-refractivity contribution is 5.92. The number of nitro benzene ring substituents is 1. The van der Waals surface area contributed by atoms with Gasteiger partial charge in [-0.3, -0.25) is 14.9 Å². The first-order chi connectivity index (χ1) is 15.7. The molecule has 1 fully saturated rings. The molecule has 0 bridgehead atoms. The molecule has 3 aromatic rings. The summed E-state index contributed by atoms with van der Waals surface area (Å²) in [5.74, 6) is 0.601. The van der Waals surface area contributed by atoms with E-state index in [1.165, 1.54) is 6.07 Å². The number of piperidine rings is 1. The average molecular weight is 450 g/mol. The highest BCUT2D eigenvalue weighted by atomic mass is 16.6. The lowest BCUT2D eigenvalue weighted by molar-refractivity contribution is -0.384. The SMILES string of the molecule is CC(C)(C)c1cc(NC(=O)C2CCN(c3ccccc3[N+](=O)[O-])CC2)n(-c2ncccn2)n1. The molecule has 0 saturated carbocycles. The predicted octanol–water partition coefficient (Wildman–Crippen LogP) is 3.72. The molecule has 1 aliphatic heterocycles. The van der Waals surface area contributed by atoms with Crippen molar-refractivity contribution in [2.75, 3.05) is 23.3 Å². The summed E-state index contributed by atoms with van der Waals surface area (Å²) in [5.41, 5.74) is 1.28. The molecule has 0 atom stereocenters. The Morgan fingerprint density at radius 1 is 1.12 bits per heavy atom. The first kappa shape index (κ1) is 22.4. The second-order valence-electron chi connectivity index (χ2n) is 9.12. The standard InChI is InChI=1S/C23H27N7O3/c1-23(2,3)19-15-20(29(27-19)22-24-11-6-12-25-22)26-21(31)16-9-13-28(14-10-16)17-7-4-5-8-18(17)30(32)33/h4-8,11-12,15-16H,9-10,13-14H2,1-3H3,(H,26,31). The van der Waals surface area contributed by atoms with Gasteiger partial charge in [0, 0.05) is 48.9 Å². The zero-order valence-electron chi connectivity index (χ0n) is 18.9. The second kappa shape index (κ2) is 8.97. The third kappa shape index (κ3) is 4.84.